The molecular weight excluding hydrogens is 442 g/mol. The zero-order valence-electron chi connectivity index (χ0n) is 17.3. The molecule has 5 rings (SSSR count). The van der Waals surface area contributed by atoms with E-state index in [1.807, 2.05) is 84.3 Å². The Bertz CT molecular complexity index is 1330. The number of aromatic nitrogens is 5. The van der Waals surface area contributed by atoms with E-state index in [1.54, 1.807) is 11.8 Å². The van der Waals surface area contributed by atoms with E-state index < -0.39 is 0 Å². The van der Waals surface area contributed by atoms with Crippen molar-refractivity contribution in [1.82, 2.24) is 24.7 Å². The van der Waals surface area contributed by atoms with E-state index in [0.717, 1.165) is 39.0 Å². The molecule has 160 valence electrons. The summed E-state index contributed by atoms with van der Waals surface area (Å²) in [6.07, 6.45) is 0. The molecule has 0 spiro atoms. The summed E-state index contributed by atoms with van der Waals surface area (Å²) in [5.41, 5.74) is 3.73. The summed E-state index contributed by atoms with van der Waals surface area (Å²) in [4.78, 5) is 8.04. The quantitative estimate of drug-likeness (QED) is 0.294. The van der Waals surface area contributed by atoms with Gasteiger partial charge in [-0.1, -0.05) is 47.6 Å². The van der Waals surface area contributed by atoms with Crippen LogP contribution in [0.4, 0.5) is 0 Å². The van der Waals surface area contributed by atoms with Crippen LogP contribution >= 0.6 is 23.4 Å². The van der Waals surface area contributed by atoms with Crippen molar-refractivity contribution in [2.75, 3.05) is 6.61 Å². The van der Waals surface area contributed by atoms with Gasteiger partial charge < -0.3 is 9.72 Å². The second kappa shape index (κ2) is 9.06. The summed E-state index contributed by atoms with van der Waals surface area (Å²) in [5.74, 6) is 3.02. The van der Waals surface area contributed by atoms with Crippen molar-refractivity contribution in [2.45, 2.75) is 17.8 Å². The van der Waals surface area contributed by atoms with E-state index in [2.05, 4.69) is 20.2 Å². The van der Waals surface area contributed by atoms with Gasteiger partial charge in [-0.25, -0.2) is 4.98 Å². The summed E-state index contributed by atoms with van der Waals surface area (Å²) in [5, 5.41) is 10.3. The first-order chi connectivity index (χ1) is 15.7. The number of aromatic amines is 1. The van der Waals surface area contributed by atoms with Crippen LogP contribution in [0.15, 0.2) is 78.0 Å². The van der Waals surface area contributed by atoms with Crippen molar-refractivity contribution in [3.05, 3.63) is 83.6 Å². The van der Waals surface area contributed by atoms with Crippen molar-refractivity contribution in [1.29, 1.82) is 0 Å². The number of nitrogens with one attached hydrogen (secondary N) is 1. The zero-order chi connectivity index (χ0) is 21.9. The molecule has 0 aliphatic rings. The Hall–Kier alpha value is -3.29. The van der Waals surface area contributed by atoms with Gasteiger partial charge in [-0.15, -0.1) is 10.2 Å². The summed E-state index contributed by atoms with van der Waals surface area (Å²) >= 11 is 8.06. The van der Waals surface area contributed by atoms with Crippen LogP contribution in [0.1, 0.15) is 12.7 Å². The highest BCUT2D eigenvalue weighted by Gasteiger charge is 2.18. The average molecular weight is 462 g/mol. The maximum Gasteiger partial charge on any atom is 0.196 e. The first-order valence-corrected chi connectivity index (χ1v) is 11.6. The molecule has 0 fully saturated rings. The maximum atomic E-state index is 6.49. The highest BCUT2D eigenvalue weighted by molar-refractivity contribution is 7.98. The molecule has 3 aromatic carbocycles. The van der Waals surface area contributed by atoms with E-state index in [9.17, 15) is 0 Å². The Balaban J connectivity index is 1.52. The molecule has 0 saturated heterocycles. The smallest absolute Gasteiger partial charge is 0.196 e. The first kappa shape index (κ1) is 20.6. The number of H-pyrrole nitrogens is 1. The van der Waals surface area contributed by atoms with Crippen molar-refractivity contribution < 1.29 is 4.74 Å². The third-order valence-corrected chi connectivity index (χ3v) is 6.20. The lowest BCUT2D eigenvalue weighted by molar-refractivity contribution is 0.340. The largest absolute Gasteiger partial charge is 0.494 e. The number of rotatable bonds is 7. The summed E-state index contributed by atoms with van der Waals surface area (Å²) in [7, 11) is 0. The number of benzene rings is 3. The van der Waals surface area contributed by atoms with Crippen LogP contribution in [0.25, 0.3) is 28.1 Å². The number of ether oxygens (including phenoxy) is 1. The van der Waals surface area contributed by atoms with Crippen molar-refractivity contribution in [3.8, 4) is 22.8 Å². The minimum absolute atomic E-state index is 0.620. The monoisotopic (exact) mass is 461 g/mol. The average Bonchev–Trinajstić information content (AvgIpc) is 3.42. The van der Waals surface area contributed by atoms with Crippen molar-refractivity contribution >= 4 is 34.4 Å². The SMILES string of the molecule is CCOc1ccc(-n2c(SCc3nc4ccccc4[nH]3)nnc2-c2ccccc2Cl)cc1. The molecular formula is C24H20ClN5OS. The fraction of sp³-hybridized carbons (Fsp3) is 0.125. The van der Waals surface area contributed by atoms with Gasteiger partial charge in [-0.05, 0) is 55.5 Å². The predicted octanol–water partition coefficient (Wildman–Crippen LogP) is 6.16. The highest BCUT2D eigenvalue weighted by atomic mass is 35.5. The molecule has 0 aliphatic heterocycles. The molecule has 8 heteroatoms. The Morgan fingerprint density at radius 1 is 0.969 bits per heavy atom. The standard InChI is InChI=1S/C24H20ClN5OS/c1-2-31-17-13-11-16(12-14-17)30-23(18-7-3-4-8-19(18)25)28-29-24(30)32-15-22-26-20-9-5-6-10-21(20)27-22/h3-14H,2,15H2,1H3,(H,26,27). The van der Waals surface area contributed by atoms with Crippen LogP contribution in [-0.4, -0.2) is 31.3 Å². The van der Waals surface area contributed by atoms with Gasteiger partial charge in [0.2, 0.25) is 0 Å². The fourth-order valence-electron chi connectivity index (χ4n) is 3.48. The molecule has 0 unspecified atom stereocenters. The number of thioether (sulfide) groups is 1. The highest BCUT2D eigenvalue weighted by Crippen LogP contribution is 2.33. The maximum absolute atomic E-state index is 6.49. The van der Waals surface area contributed by atoms with Crippen LogP contribution in [-0.2, 0) is 5.75 Å². The molecule has 0 amide bonds. The number of fused-ring (bicyclic) bond motifs is 1. The topological polar surface area (TPSA) is 68.6 Å². The third kappa shape index (κ3) is 4.09. The van der Waals surface area contributed by atoms with Gasteiger partial charge >= 0.3 is 0 Å². The van der Waals surface area contributed by atoms with Gasteiger partial charge in [0.1, 0.15) is 11.6 Å². The Morgan fingerprint density at radius 2 is 1.75 bits per heavy atom. The molecule has 0 radical (unpaired) electrons. The van der Waals surface area contributed by atoms with Gasteiger partial charge in [-0.2, -0.15) is 0 Å². The number of halogens is 1. The van der Waals surface area contributed by atoms with Crippen molar-refractivity contribution in [3.63, 3.8) is 0 Å². The molecule has 0 saturated carbocycles. The normalized spacial score (nSPS) is 11.2. The molecule has 5 aromatic rings. The Morgan fingerprint density at radius 3 is 2.53 bits per heavy atom. The Kier molecular flexibility index (Phi) is 5.83. The first-order valence-electron chi connectivity index (χ1n) is 10.2. The molecule has 0 bridgehead atoms. The predicted molar refractivity (Wildman–Crippen MR) is 129 cm³/mol. The number of para-hydroxylation sites is 2. The molecule has 6 nitrogen and oxygen atoms in total. The Labute approximate surface area is 194 Å². The molecule has 0 aliphatic carbocycles. The number of imidazole rings is 1. The van der Waals surface area contributed by atoms with Crippen LogP contribution in [0, 0.1) is 0 Å². The third-order valence-electron chi connectivity index (χ3n) is 4.93. The van der Waals surface area contributed by atoms with E-state index in [4.69, 9.17) is 16.3 Å². The van der Waals surface area contributed by atoms with Gasteiger partial charge in [0.05, 0.1) is 28.4 Å². The molecule has 1 N–H and O–H groups in total. The second-order valence-electron chi connectivity index (χ2n) is 7.04. The van der Waals surface area contributed by atoms with Crippen molar-refractivity contribution in [2.24, 2.45) is 0 Å². The van der Waals surface area contributed by atoms with Crippen LogP contribution in [0.2, 0.25) is 5.02 Å². The zero-order valence-corrected chi connectivity index (χ0v) is 18.9. The lowest BCUT2D eigenvalue weighted by Crippen LogP contribution is -2.01. The van der Waals surface area contributed by atoms with Gasteiger partial charge in [-0.3, -0.25) is 4.57 Å². The lowest BCUT2D eigenvalue weighted by atomic mass is 10.2. The number of nitrogens with zero attached hydrogens (tertiary/aromatic N) is 4. The molecule has 2 aromatic heterocycles. The lowest BCUT2D eigenvalue weighted by Gasteiger charge is -2.12. The second-order valence-corrected chi connectivity index (χ2v) is 8.39. The number of hydrogen-bond donors (Lipinski definition) is 1. The summed E-state index contributed by atoms with van der Waals surface area (Å²) in [6.45, 7) is 2.59. The van der Waals surface area contributed by atoms with E-state index in [-0.39, 0.29) is 0 Å². The van der Waals surface area contributed by atoms with Gasteiger partial charge in [0.25, 0.3) is 0 Å². The van der Waals surface area contributed by atoms with Gasteiger partial charge in [0, 0.05) is 11.3 Å². The van der Waals surface area contributed by atoms with E-state index >= 15 is 0 Å². The van der Waals surface area contributed by atoms with Crippen LogP contribution in [0.3, 0.4) is 0 Å². The molecule has 32 heavy (non-hydrogen) atoms. The van der Waals surface area contributed by atoms with Gasteiger partial charge in [0.15, 0.2) is 11.0 Å². The summed E-state index contributed by atoms with van der Waals surface area (Å²) < 4.78 is 7.62. The minimum Gasteiger partial charge on any atom is -0.494 e. The van der Waals surface area contributed by atoms with Crippen LogP contribution < -0.4 is 4.74 Å². The minimum atomic E-state index is 0.620. The summed E-state index contributed by atoms with van der Waals surface area (Å²) in [6, 6.07) is 23.5. The number of hydrogen-bond acceptors (Lipinski definition) is 5. The van der Waals surface area contributed by atoms with E-state index in [1.165, 1.54) is 0 Å². The van der Waals surface area contributed by atoms with E-state index in [0.29, 0.717) is 23.2 Å². The molecule has 2 heterocycles. The molecule has 0 atom stereocenters. The van der Waals surface area contributed by atoms with Crippen LogP contribution in [0.5, 0.6) is 5.75 Å². The fourth-order valence-corrected chi connectivity index (χ4v) is 4.52.